The van der Waals surface area contributed by atoms with Crippen LogP contribution in [0.4, 0.5) is 0 Å². The van der Waals surface area contributed by atoms with Crippen molar-refractivity contribution in [2.24, 2.45) is 23.0 Å². The first-order valence-corrected chi connectivity index (χ1v) is 8.65. The summed E-state index contributed by atoms with van der Waals surface area (Å²) in [6.45, 7) is 10.8. The molecule has 0 fully saturated rings. The zero-order chi connectivity index (χ0) is 16.8. The van der Waals surface area contributed by atoms with Gasteiger partial charge in [0.05, 0.1) is 5.41 Å². The van der Waals surface area contributed by atoms with Crippen LogP contribution in [0.2, 0.25) is 0 Å². The molecule has 0 saturated carbocycles. The van der Waals surface area contributed by atoms with Crippen molar-refractivity contribution >= 4 is 5.91 Å². The first-order valence-electron chi connectivity index (χ1n) is 8.65. The SMILES string of the molecule is CC(C)CCCCC(c1ccccc1)C(C)(C(N)=O)C(C)C. The van der Waals surface area contributed by atoms with Crippen LogP contribution in [0.1, 0.15) is 71.8 Å². The lowest BCUT2D eigenvalue weighted by molar-refractivity contribution is -0.130. The number of benzene rings is 1. The first-order chi connectivity index (χ1) is 10.3. The number of primary amides is 1. The van der Waals surface area contributed by atoms with Gasteiger partial charge in [-0.1, -0.05) is 77.3 Å². The molecule has 0 aliphatic heterocycles. The number of carbonyl (C=O) groups is 1. The van der Waals surface area contributed by atoms with Crippen LogP contribution in [-0.4, -0.2) is 5.91 Å². The predicted octanol–water partition coefficient (Wildman–Crippen LogP) is 5.13. The summed E-state index contributed by atoms with van der Waals surface area (Å²) in [7, 11) is 0. The Balaban J connectivity index is 2.98. The van der Waals surface area contributed by atoms with Crippen molar-refractivity contribution in [3.05, 3.63) is 35.9 Å². The first kappa shape index (κ1) is 18.7. The van der Waals surface area contributed by atoms with Crippen molar-refractivity contribution in [2.45, 2.75) is 66.2 Å². The van der Waals surface area contributed by atoms with Gasteiger partial charge in [0, 0.05) is 0 Å². The summed E-state index contributed by atoms with van der Waals surface area (Å²) in [6, 6.07) is 10.4. The van der Waals surface area contributed by atoms with E-state index < -0.39 is 5.41 Å². The van der Waals surface area contributed by atoms with Crippen molar-refractivity contribution in [3.63, 3.8) is 0 Å². The van der Waals surface area contributed by atoms with E-state index in [0.717, 1.165) is 18.8 Å². The van der Waals surface area contributed by atoms with Crippen LogP contribution in [0.25, 0.3) is 0 Å². The van der Waals surface area contributed by atoms with Gasteiger partial charge in [-0.3, -0.25) is 4.79 Å². The Morgan fingerprint density at radius 2 is 1.59 bits per heavy atom. The van der Waals surface area contributed by atoms with Gasteiger partial charge in [-0.25, -0.2) is 0 Å². The number of hydrogen-bond acceptors (Lipinski definition) is 1. The fraction of sp³-hybridized carbons (Fsp3) is 0.650. The molecule has 2 heteroatoms. The van der Waals surface area contributed by atoms with Gasteiger partial charge >= 0.3 is 0 Å². The molecular formula is C20H33NO. The molecule has 0 spiro atoms. The maximum atomic E-state index is 12.2. The molecule has 1 aromatic rings. The molecule has 2 nitrogen and oxygen atoms in total. The third kappa shape index (κ3) is 4.59. The van der Waals surface area contributed by atoms with E-state index in [2.05, 4.69) is 52.0 Å². The molecule has 2 unspecified atom stereocenters. The van der Waals surface area contributed by atoms with Gasteiger partial charge in [0.25, 0.3) is 0 Å². The number of nitrogens with two attached hydrogens (primary N) is 1. The molecule has 1 amide bonds. The molecule has 0 aromatic heterocycles. The number of amides is 1. The Hall–Kier alpha value is -1.31. The standard InChI is InChI=1S/C20H33NO/c1-15(2)11-9-10-14-18(17-12-7-6-8-13-17)20(5,16(3)4)19(21)22/h6-8,12-13,15-16,18H,9-11,14H2,1-5H3,(H2,21,22). The Morgan fingerprint density at radius 1 is 1.05 bits per heavy atom. The normalized spacial score (nSPS) is 15.8. The lowest BCUT2D eigenvalue weighted by atomic mass is 9.64. The molecular weight excluding hydrogens is 270 g/mol. The average Bonchev–Trinajstić information content (AvgIpc) is 2.46. The average molecular weight is 303 g/mol. The van der Waals surface area contributed by atoms with E-state index in [1.165, 1.54) is 18.4 Å². The van der Waals surface area contributed by atoms with Gasteiger partial charge in [0.15, 0.2) is 0 Å². The number of unbranched alkanes of at least 4 members (excludes halogenated alkanes) is 1. The van der Waals surface area contributed by atoms with Gasteiger partial charge in [-0.2, -0.15) is 0 Å². The van der Waals surface area contributed by atoms with E-state index >= 15 is 0 Å². The summed E-state index contributed by atoms with van der Waals surface area (Å²) in [6.07, 6.45) is 4.63. The van der Waals surface area contributed by atoms with E-state index in [9.17, 15) is 4.79 Å². The van der Waals surface area contributed by atoms with Crippen LogP contribution in [0.3, 0.4) is 0 Å². The third-order valence-corrected chi connectivity index (χ3v) is 5.18. The number of hydrogen-bond donors (Lipinski definition) is 1. The second-order valence-electron chi connectivity index (χ2n) is 7.44. The van der Waals surface area contributed by atoms with Crippen LogP contribution < -0.4 is 5.73 Å². The Kier molecular flexibility index (Phi) is 7.12. The zero-order valence-electron chi connectivity index (χ0n) is 14.9. The molecule has 2 atom stereocenters. The minimum absolute atomic E-state index is 0.180. The molecule has 0 heterocycles. The Morgan fingerprint density at radius 3 is 2.05 bits per heavy atom. The highest BCUT2D eigenvalue weighted by atomic mass is 16.1. The second kappa shape index (κ2) is 8.36. The fourth-order valence-corrected chi connectivity index (χ4v) is 3.26. The summed E-state index contributed by atoms with van der Waals surface area (Å²) in [4.78, 5) is 12.2. The van der Waals surface area contributed by atoms with Gasteiger partial charge in [0.1, 0.15) is 0 Å². The molecule has 1 aromatic carbocycles. The third-order valence-electron chi connectivity index (χ3n) is 5.18. The van der Waals surface area contributed by atoms with E-state index in [-0.39, 0.29) is 17.7 Å². The summed E-state index contributed by atoms with van der Waals surface area (Å²) < 4.78 is 0. The lowest BCUT2D eigenvalue weighted by Gasteiger charge is -2.39. The monoisotopic (exact) mass is 303 g/mol. The summed E-state index contributed by atoms with van der Waals surface area (Å²) >= 11 is 0. The van der Waals surface area contributed by atoms with Crippen LogP contribution in [-0.2, 0) is 4.79 Å². The molecule has 22 heavy (non-hydrogen) atoms. The topological polar surface area (TPSA) is 43.1 Å². The van der Waals surface area contributed by atoms with Crippen molar-refractivity contribution in [1.29, 1.82) is 0 Å². The van der Waals surface area contributed by atoms with Crippen LogP contribution in [0.5, 0.6) is 0 Å². The summed E-state index contributed by atoms with van der Waals surface area (Å²) in [5.74, 6) is 0.974. The van der Waals surface area contributed by atoms with E-state index in [1.54, 1.807) is 0 Å². The number of rotatable bonds is 9. The molecule has 1 rings (SSSR count). The van der Waals surface area contributed by atoms with Crippen molar-refractivity contribution in [1.82, 2.24) is 0 Å². The minimum Gasteiger partial charge on any atom is -0.369 e. The van der Waals surface area contributed by atoms with Crippen molar-refractivity contribution in [2.75, 3.05) is 0 Å². The highest BCUT2D eigenvalue weighted by Gasteiger charge is 2.42. The zero-order valence-corrected chi connectivity index (χ0v) is 14.9. The fourth-order valence-electron chi connectivity index (χ4n) is 3.26. The van der Waals surface area contributed by atoms with Crippen molar-refractivity contribution < 1.29 is 4.79 Å². The lowest BCUT2D eigenvalue weighted by Crippen LogP contribution is -2.43. The molecule has 0 aliphatic rings. The quantitative estimate of drug-likeness (QED) is 0.631. The molecule has 124 valence electrons. The Labute approximate surface area is 136 Å². The molecule has 0 aliphatic carbocycles. The predicted molar refractivity (Wildman–Crippen MR) is 94.6 cm³/mol. The van der Waals surface area contributed by atoms with Crippen LogP contribution in [0, 0.1) is 17.3 Å². The van der Waals surface area contributed by atoms with E-state index in [0.29, 0.717) is 0 Å². The summed E-state index contributed by atoms with van der Waals surface area (Å²) in [5.41, 5.74) is 6.56. The van der Waals surface area contributed by atoms with Gasteiger partial charge in [-0.15, -0.1) is 0 Å². The Bertz CT molecular complexity index is 452. The molecule has 2 N–H and O–H groups in total. The van der Waals surface area contributed by atoms with Gasteiger partial charge < -0.3 is 5.73 Å². The largest absolute Gasteiger partial charge is 0.369 e. The molecule has 0 bridgehead atoms. The van der Waals surface area contributed by atoms with Crippen LogP contribution >= 0.6 is 0 Å². The maximum Gasteiger partial charge on any atom is 0.224 e. The molecule has 0 saturated heterocycles. The molecule has 0 radical (unpaired) electrons. The van der Waals surface area contributed by atoms with E-state index in [4.69, 9.17) is 5.73 Å². The minimum atomic E-state index is -0.501. The van der Waals surface area contributed by atoms with Crippen molar-refractivity contribution in [3.8, 4) is 0 Å². The number of carbonyl (C=O) groups excluding carboxylic acids is 1. The highest BCUT2D eigenvalue weighted by molar-refractivity contribution is 5.82. The van der Waals surface area contributed by atoms with Gasteiger partial charge in [-0.05, 0) is 36.7 Å². The highest BCUT2D eigenvalue weighted by Crippen LogP contribution is 2.44. The van der Waals surface area contributed by atoms with E-state index in [1.807, 2.05) is 13.0 Å². The van der Waals surface area contributed by atoms with Crippen LogP contribution in [0.15, 0.2) is 30.3 Å². The maximum absolute atomic E-state index is 12.2. The second-order valence-corrected chi connectivity index (χ2v) is 7.44. The smallest absolute Gasteiger partial charge is 0.224 e. The van der Waals surface area contributed by atoms with Gasteiger partial charge in [0.2, 0.25) is 5.91 Å². The summed E-state index contributed by atoms with van der Waals surface area (Å²) in [5, 5.41) is 0.